The molecule has 0 radical (unpaired) electrons. The Morgan fingerprint density at radius 3 is 3.05 bits per heavy atom. The van der Waals surface area contributed by atoms with Crippen molar-refractivity contribution in [1.29, 1.82) is 0 Å². The van der Waals surface area contributed by atoms with Crippen molar-refractivity contribution in [2.75, 3.05) is 25.0 Å². The van der Waals surface area contributed by atoms with Crippen LogP contribution in [-0.4, -0.2) is 32.4 Å². The van der Waals surface area contributed by atoms with Gasteiger partial charge >= 0.3 is 0 Å². The second kappa shape index (κ2) is 5.37. The van der Waals surface area contributed by atoms with Crippen molar-refractivity contribution in [3.05, 3.63) is 23.8 Å². The minimum absolute atomic E-state index is 0.433. The highest BCUT2D eigenvalue weighted by atomic mass is 32.2. The van der Waals surface area contributed by atoms with Crippen LogP contribution in [0.2, 0.25) is 0 Å². The number of benzene rings is 1. The predicted octanol–water partition coefficient (Wildman–Crippen LogP) is 2.47. The molecular weight excluding hydrogens is 272 g/mol. The molecular formula is C15H22N2O2S. The van der Waals surface area contributed by atoms with Crippen LogP contribution in [0.5, 0.6) is 0 Å². The Labute approximate surface area is 121 Å². The lowest BCUT2D eigenvalue weighted by molar-refractivity contribution is 0.261. The lowest BCUT2D eigenvalue weighted by Gasteiger charge is -2.31. The number of nitrogens with zero attached hydrogens (tertiary/aromatic N) is 1. The molecule has 1 saturated heterocycles. The number of piperidine rings is 1. The number of anilines is 1. The molecule has 1 atom stereocenters. The van der Waals surface area contributed by atoms with E-state index in [4.69, 9.17) is 0 Å². The summed E-state index contributed by atoms with van der Waals surface area (Å²) >= 11 is 0. The lowest BCUT2D eigenvalue weighted by Crippen LogP contribution is -2.39. The highest BCUT2D eigenvalue weighted by molar-refractivity contribution is 7.89. The molecule has 1 aromatic rings. The number of nitrogens with one attached hydrogen (secondary N) is 1. The fourth-order valence-electron chi connectivity index (χ4n) is 3.16. The van der Waals surface area contributed by atoms with Gasteiger partial charge in [-0.15, -0.1) is 0 Å². The molecule has 20 heavy (non-hydrogen) atoms. The molecule has 0 bridgehead atoms. The summed E-state index contributed by atoms with van der Waals surface area (Å²) < 4.78 is 27.2. The fraction of sp³-hybridized carbons (Fsp3) is 0.600. The maximum Gasteiger partial charge on any atom is 0.243 e. The molecule has 4 nitrogen and oxygen atoms in total. The van der Waals surface area contributed by atoms with Crippen molar-refractivity contribution in [2.45, 2.75) is 37.5 Å². The third-order valence-electron chi connectivity index (χ3n) is 4.49. The first kappa shape index (κ1) is 13.9. The average molecular weight is 294 g/mol. The molecule has 2 aliphatic heterocycles. The van der Waals surface area contributed by atoms with Gasteiger partial charge < -0.3 is 5.32 Å². The molecule has 0 aromatic heterocycles. The monoisotopic (exact) mass is 294 g/mol. The van der Waals surface area contributed by atoms with E-state index in [1.807, 2.05) is 6.07 Å². The number of hydrogen-bond donors (Lipinski definition) is 1. The van der Waals surface area contributed by atoms with Crippen LogP contribution in [0.25, 0.3) is 0 Å². The normalized spacial score (nSPS) is 23.4. The van der Waals surface area contributed by atoms with Crippen LogP contribution in [0.3, 0.4) is 0 Å². The summed E-state index contributed by atoms with van der Waals surface area (Å²) in [6, 6.07) is 5.51. The topological polar surface area (TPSA) is 49.4 Å². The molecule has 0 saturated carbocycles. The van der Waals surface area contributed by atoms with Gasteiger partial charge in [-0.2, -0.15) is 4.31 Å². The maximum atomic E-state index is 12.7. The summed E-state index contributed by atoms with van der Waals surface area (Å²) in [5.41, 5.74) is 2.20. The van der Waals surface area contributed by atoms with E-state index in [-0.39, 0.29) is 0 Å². The Morgan fingerprint density at radius 2 is 2.25 bits per heavy atom. The van der Waals surface area contributed by atoms with Crippen molar-refractivity contribution in [2.24, 2.45) is 5.92 Å². The van der Waals surface area contributed by atoms with E-state index < -0.39 is 10.0 Å². The smallest absolute Gasteiger partial charge is 0.243 e. The summed E-state index contributed by atoms with van der Waals surface area (Å²) in [7, 11) is -3.33. The Hall–Kier alpha value is -1.07. The Bertz CT molecular complexity index is 598. The van der Waals surface area contributed by atoms with E-state index in [1.54, 1.807) is 16.4 Å². The number of hydrogen-bond acceptors (Lipinski definition) is 3. The molecule has 1 aromatic carbocycles. The zero-order valence-electron chi connectivity index (χ0n) is 11.9. The summed E-state index contributed by atoms with van der Waals surface area (Å²) in [5.74, 6) is 0.506. The number of sulfonamides is 1. The van der Waals surface area contributed by atoms with Crippen molar-refractivity contribution < 1.29 is 8.42 Å². The van der Waals surface area contributed by atoms with Crippen LogP contribution in [0.1, 0.15) is 31.7 Å². The van der Waals surface area contributed by atoms with Gasteiger partial charge in [0.15, 0.2) is 0 Å². The van der Waals surface area contributed by atoms with E-state index in [1.165, 1.54) is 5.56 Å². The maximum absolute atomic E-state index is 12.7. The second-order valence-corrected chi connectivity index (χ2v) is 7.71. The first-order valence-corrected chi connectivity index (χ1v) is 8.92. The van der Waals surface area contributed by atoms with E-state index in [2.05, 4.69) is 12.2 Å². The SMILES string of the molecule is CCC1CCCN(S(=O)(=O)c2ccc3c(c2)NCC3)C1. The third-order valence-corrected chi connectivity index (χ3v) is 6.35. The second-order valence-electron chi connectivity index (χ2n) is 5.78. The first-order chi connectivity index (χ1) is 9.61. The van der Waals surface area contributed by atoms with Crippen molar-refractivity contribution >= 4 is 15.7 Å². The van der Waals surface area contributed by atoms with Crippen LogP contribution in [0, 0.1) is 5.92 Å². The molecule has 0 spiro atoms. The van der Waals surface area contributed by atoms with Gasteiger partial charge in [0.25, 0.3) is 0 Å². The van der Waals surface area contributed by atoms with Crippen molar-refractivity contribution in [3.63, 3.8) is 0 Å². The van der Waals surface area contributed by atoms with Crippen LogP contribution >= 0.6 is 0 Å². The largest absolute Gasteiger partial charge is 0.384 e. The first-order valence-electron chi connectivity index (χ1n) is 7.48. The average Bonchev–Trinajstić information content (AvgIpc) is 2.94. The zero-order chi connectivity index (χ0) is 14.2. The van der Waals surface area contributed by atoms with Crippen LogP contribution in [0.4, 0.5) is 5.69 Å². The molecule has 0 amide bonds. The Morgan fingerprint density at radius 1 is 1.40 bits per heavy atom. The van der Waals surface area contributed by atoms with Gasteiger partial charge in [0.2, 0.25) is 10.0 Å². The van der Waals surface area contributed by atoms with Crippen molar-refractivity contribution in [3.8, 4) is 0 Å². The number of rotatable bonds is 3. The Kier molecular flexibility index (Phi) is 3.73. The van der Waals surface area contributed by atoms with Gasteiger partial charge in [-0.25, -0.2) is 8.42 Å². The molecule has 2 heterocycles. The third kappa shape index (κ3) is 2.44. The van der Waals surface area contributed by atoms with Gasteiger partial charge in [-0.3, -0.25) is 0 Å². The molecule has 0 aliphatic carbocycles. The molecule has 1 N–H and O–H groups in total. The van der Waals surface area contributed by atoms with E-state index >= 15 is 0 Å². The van der Waals surface area contributed by atoms with Crippen LogP contribution in [-0.2, 0) is 16.4 Å². The fourth-order valence-corrected chi connectivity index (χ4v) is 4.74. The van der Waals surface area contributed by atoms with E-state index in [9.17, 15) is 8.42 Å². The lowest BCUT2D eigenvalue weighted by atomic mass is 9.97. The summed E-state index contributed by atoms with van der Waals surface area (Å²) in [5, 5.41) is 3.25. The quantitative estimate of drug-likeness (QED) is 0.931. The van der Waals surface area contributed by atoms with Gasteiger partial charge in [-0.05, 0) is 42.9 Å². The summed E-state index contributed by atoms with van der Waals surface area (Å²) in [6.45, 7) is 4.37. The summed E-state index contributed by atoms with van der Waals surface area (Å²) in [6.07, 6.45) is 4.16. The summed E-state index contributed by atoms with van der Waals surface area (Å²) in [4.78, 5) is 0.433. The Balaban J connectivity index is 1.87. The molecule has 110 valence electrons. The van der Waals surface area contributed by atoms with Crippen molar-refractivity contribution in [1.82, 2.24) is 4.31 Å². The predicted molar refractivity (Wildman–Crippen MR) is 80.4 cm³/mol. The zero-order valence-corrected chi connectivity index (χ0v) is 12.7. The van der Waals surface area contributed by atoms with Crippen LogP contribution in [0.15, 0.2) is 23.1 Å². The van der Waals surface area contributed by atoms with Gasteiger partial charge in [0, 0.05) is 25.3 Å². The highest BCUT2D eigenvalue weighted by Crippen LogP contribution is 2.29. The molecule has 5 heteroatoms. The molecule has 2 aliphatic rings. The standard InChI is InChI=1S/C15H22N2O2S/c1-2-12-4-3-9-17(11-12)20(18,19)14-6-5-13-7-8-16-15(13)10-14/h5-6,10,12,16H,2-4,7-9,11H2,1H3. The van der Waals surface area contributed by atoms with Gasteiger partial charge in [0.05, 0.1) is 4.90 Å². The minimum Gasteiger partial charge on any atom is -0.384 e. The number of fused-ring (bicyclic) bond motifs is 1. The van der Waals surface area contributed by atoms with E-state index in [0.717, 1.165) is 37.9 Å². The molecule has 1 unspecified atom stereocenters. The molecule has 3 rings (SSSR count). The van der Waals surface area contributed by atoms with E-state index in [0.29, 0.717) is 23.9 Å². The minimum atomic E-state index is -3.33. The molecule has 1 fully saturated rings. The van der Waals surface area contributed by atoms with Gasteiger partial charge in [0.1, 0.15) is 0 Å². The highest BCUT2D eigenvalue weighted by Gasteiger charge is 2.30. The van der Waals surface area contributed by atoms with Crippen LogP contribution < -0.4 is 5.32 Å². The van der Waals surface area contributed by atoms with Gasteiger partial charge in [-0.1, -0.05) is 19.4 Å².